The van der Waals surface area contributed by atoms with Crippen molar-refractivity contribution in [3.63, 3.8) is 0 Å². The normalized spacial score (nSPS) is 23.2. The van der Waals surface area contributed by atoms with Crippen LogP contribution >= 0.6 is 0 Å². The lowest BCUT2D eigenvalue weighted by Crippen LogP contribution is -2.35. The molecule has 6 heteroatoms. The van der Waals surface area contributed by atoms with Crippen LogP contribution in [-0.2, 0) is 11.2 Å². The highest BCUT2D eigenvalue weighted by Crippen LogP contribution is 2.18. The molecule has 2 unspecified atom stereocenters. The number of morpholine rings is 1. The molecule has 6 nitrogen and oxygen atoms in total. The molecule has 2 heterocycles. The van der Waals surface area contributed by atoms with Gasteiger partial charge in [-0.25, -0.2) is 0 Å². The fourth-order valence-electron chi connectivity index (χ4n) is 2.10. The van der Waals surface area contributed by atoms with Gasteiger partial charge in [-0.1, -0.05) is 12.1 Å². The Kier molecular flexibility index (Phi) is 4.68. The molecule has 0 aliphatic carbocycles. The Bertz CT molecular complexity index is 369. The Morgan fingerprint density at radius 2 is 2.39 bits per heavy atom. The summed E-state index contributed by atoms with van der Waals surface area (Å²) in [5, 5.41) is 7.34. The molecule has 0 bridgehead atoms. The van der Waals surface area contributed by atoms with E-state index in [9.17, 15) is 0 Å². The summed E-state index contributed by atoms with van der Waals surface area (Å²) >= 11 is 0. The zero-order valence-corrected chi connectivity index (χ0v) is 11.3. The first-order valence-corrected chi connectivity index (χ1v) is 6.55. The molecule has 0 aromatic carbocycles. The Balaban J connectivity index is 1.92. The average molecular weight is 254 g/mol. The van der Waals surface area contributed by atoms with Gasteiger partial charge in [0.1, 0.15) is 6.10 Å². The van der Waals surface area contributed by atoms with Crippen LogP contribution in [0.4, 0.5) is 0 Å². The van der Waals surface area contributed by atoms with E-state index in [1.165, 1.54) is 0 Å². The maximum atomic E-state index is 5.66. The molecule has 2 atom stereocenters. The van der Waals surface area contributed by atoms with Gasteiger partial charge in [-0.3, -0.25) is 0 Å². The molecule has 0 amide bonds. The van der Waals surface area contributed by atoms with E-state index < -0.39 is 0 Å². The lowest BCUT2D eigenvalue weighted by atomic mass is 10.2. The summed E-state index contributed by atoms with van der Waals surface area (Å²) in [5.41, 5.74) is 0. The number of rotatable bonds is 5. The molecule has 0 saturated carbocycles. The van der Waals surface area contributed by atoms with E-state index in [2.05, 4.69) is 41.3 Å². The number of nitrogens with one attached hydrogen (secondary N) is 1. The monoisotopic (exact) mass is 254 g/mol. The van der Waals surface area contributed by atoms with Gasteiger partial charge in [0.15, 0.2) is 0 Å². The van der Waals surface area contributed by atoms with Crippen LogP contribution in [0.3, 0.4) is 0 Å². The minimum absolute atomic E-state index is 0.0595. The molecule has 1 N–H and O–H groups in total. The molecule has 1 aliphatic rings. The van der Waals surface area contributed by atoms with E-state index in [0.29, 0.717) is 17.8 Å². The Morgan fingerprint density at radius 3 is 3.11 bits per heavy atom. The third-order valence-corrected chi connectivity index (χ3v) is 3.07. The molecule has 1 aromatic rings. The largest absolute Gasteiger partial charge is 0.367 e. The van der Waals surface area contributed by atoms with Crippen molar-refractivity contribution in [3.8, 4) is 0 Å². The Hall–Kier alpha value is -0.980. The second-order valence-electron chi connectivity index (χ2n) is 4.83. The summed E-state index contributed by atoms with van der Waals surface area (Å²) in [6.45, 7) is 7.64. The summed E-state index contributed by atoms with van der Waals surface area (Å²) in [5.74, 6) is 1.34. The van der Waals surface area contributed by atoms with Gasteiger partial charge in [-0.2, -0.15) is 4.98 Å². The third kappa shape index (κ3) is 3.51. The first-order chi connectivity index (χ1) is 8.69. The van der Waals surface area contributed by atoms with E-state index in [1.54, 1.807) is 0 Å². The van der Waals surface area contributed by atoms with Gasteiger partial charge < -0.3 is 19.5 Å². The first kappa shape index (κ1) is 13.5. The van der Waals surface area contributed by atoms with Crippen molar-refractivity contribution >= 4 is 0 Å². The lowest BCUT2D eigenvalue weighted by molar-refractivity contribution is -0.0264. The van der Waals surface area contributed by atoms with Crippen LogP contribution in [0.5, 0.6) is 0 Å². The van der Waals surface area contributed by atoms with Gasteiger partial charge in [0.2, 0.25) is 11.7 Å². The van der Waals surface area contributed by atoms with Crippen LogP contribution in [0.1, 0.15) is 31.7 Å². The minimum Gasteiger partial charge on any atom is -0.367 e. The summed E-state index contributed by atoms with van der Waals surface area (Å²) < 4.78 is 10.9. The average Bonchev–Trinajstić information content (AvgIpc) is 2.78. The zero-order valence-electron chi connectivity index (χ0n) is 11.3. The van der Waals surface area contributed by atoms with Crippen LogP contribution in [-0.4, -0.2) is 54.4 Å². The molecular weight excluding hydrogens is 232 g/mol. The van der Waals surface area contributed by atoms with Gasteiger partial charge in [-0.05, 0) is 20.5 Å². The van der Waals surface area contributed by atoms with Crippen molar-refractivity contribution in [2.75, 3.05) is 33.3 Å². The number of nitrogens with zero attached hydrogens (tertiary/aromatic N) is 3. The van der Waals surface area contributed by atoms with Crippen molar-refractivity contribution in [2.45, 2.75) is 32.4 Å². The lowest BCUT2D eigenvalue weighted by Gasteiger charge is -2.27. The van der Waals surface area contributed by atoms with E-state index in [4.69, 9.17) is 9.26 Å². The Morgan fingerprint density at radius 1 is 1.56 bits per heavy atom. The Labute approximate surface area is 108 Å². The molecule has 1 fully saturated rings. The summed E-state index contributed by atoms with van der Waals surface area (Å²) in [4.78, 5) is 6.63. The molecule has 1 aromatic heterocycles. The highest BCUT2D eigenvalue weighted by Gasteiger charge is 2.24. The second kappa shape index (κ2) is 6.26. The van der Waals surface area contributed by atoms with Crippen LogP contribution in [0.15, 0.2) is 4.52 Å². The minimum atomic E-state index is -0.0595. The summed E-state index contributed by atoms with van der Waals surface area (Å²) in [7, 11) is 2.07. The van der Waals surface area contributed by atoms with Crippen molar-refractivity contribution in [3.05, 3.63) is 11.7 Å². The third-order valence-electron chi connectivity index (χ3n) is 3.07. The van der Waals surface area contributed by atoms with Crippen molar-refractivity contribution in [2.24, 2.45) is 0 Å². The SMILES string of the molecule is CCNC(C)Cc1nc(C2CN(C)CCO2)no1. The zero-order chi connectivity index (χ0) is 13.0. The second-order valence-corrected chi connectivity index (χ2v) is 4.83. The van der Waals surface area contributed by atoms with Crippen molar-refractivity contribution in [1.29, 1.82) is 0 Å². The number of ether oxygens (including phenoxy) is 1. The molecule has 102 valence electrons. The highest BCUT2D eigenvalue weighted by molar-refractivity contribution is 4.95. The molecule has 0 spiro atoms. The first-order valence-electron chi connectivity index (χ1n) is 6.55. The van der Waals surface area contributed by atoms with Gasteiger partial charge in [0.05, 0.1) is 6.61 Å². The molecule has 1 aliphatic heterocycles. The molecule has 18 heavy (non-hydrogen) atoms. The number of likely N-dealkylation sites (N-methyl/N-ethyl adjacent to an activating group) is 2. The van der Waals surface area contributed by atoms with Crippen LogP contribution in [0.2, 0.25) is 0 Å². The molecular formula is C12H22N4O2. The maximum Gasteiger partial charge on any atom is 0.228 e. The van der Waals surface area contributed by atoms with E-state index >= 15 is 0 Å². The molecule has 2 rings (SSSR count). The molecule has 0 radical (unpaired) electrons. The standard InChI is InChI=1S/C12H22N4O2/c1-4-13-9(2)7-11-14-12(15-18-11)10-8-16(3)5-6-17-10/h9-10,13H,4-8H2,1-3H3. The number of hydrogen-bond donors (Lipinski definition) is 1. The van der Waals surface area contributed by atoms with E-state index in [-0.39, 0.29) is 6.10 Å². The summed E-state index contributed by atoms with van der Waals surface area (Å²) in [6.07, 6.45) is 0.694. The van der Waals surface area contributed by atoms with Gasteiger partial charge in [0, 0.05) is 25.6 Å². The number of hydrogen-bond acceptors (Lipinski definition) is 6. The predicted molar refractivity (Wildman–Crippen MR) is 67.3 cm³/mol. The quantitative estimate of drug-likeness (QED) is 0.831. The van der Waals surface area contributed by atoms with Gasteiger partial charge in [0.25, 0.3) is 0 Å². The van der Waals surface area contributed by atoms with Crippen LogP contribution < -0.4 is 5.32 Å². The number of aromatic nitrogens is 2. The smallest absolute Gasteiger partial charge is 0.228 e. The van der Waals surface area contributed by atoms with Crippen LogP contribution in [0, 0.1) is 0 Å². The topological polar surface area (TPSA) is 63.4 Å². The van der Waals surface area contributed by atoms with E-state index in [1.807, 2.05) is 0 Å². The van der Waals surface area contributed by atoms with Gasteiger partial charge in [-0.15, -0.1) is 0 Å². The van der Waals surface area contributed by atoms with Gasteiger partial charge >= 0.3 is 0 Å². The fourth-order valence-corrected chi connectivity index (χ4v) is 2.10. The molecule has 1 saturated heterocycles. The van der Waals surface area contributed by atoms with Crippen LogP contribution in [0.25, 0.3) is 0 Å². The summed E-state index contributed by atoms with van der Waals surface area (Å²) in [6, 6.07) is 0.346. The van der Waals surface area contributed by atoms with Crippen molar-refractivity contribution in [1.82, 2.24) is 20.4 Å². The highest BCUT2D eigenvalue weighted by atomic mass is 16.5. The maximum absolute atomic E-state index is 5.66. The van der Waals surface area contributed by atoms with E-state index in [0.717, 1.165) is 32.7 Å². The predicted octanol–water partition coefficient (Wildman–Crippen LogP) is 0.613. The fraction of sp³-hybridized carbons (Fsp3) is 0.833. The van der Waals surface area contributed by atoms with Crippen molar-refractivity contribution < 1.29 is 9.26 Å².